The van der Waals surface area contributed by atoms with Gasteiger partial charge in [-0.2, -0.15) is 36.5 Å². The van der Waals surface area contributed by atoms with E-state index in [0.717, 1.165) is 24.0 Å². The molecule has 1 aromatic carbocycles. The van der Waals surface area contributed by atoms with Crippen molar-refractivity contribution in [2.75, 3.05) is 5.32 Å². The Morgan fingerprint density at radius 1 is 1.00 bits per heavy atom. The minimum atomic E-state index is -4.99. The Hall–Kier alpha value is -3.90. The van der Waals surface area contributed by atoms with E-state index in [1.807, 2.05) is 0 Å². The standard InChI is InChI=1S/C20H14F6N6O/c1-31-9-12-11(4-3-5-13(12)29-31)16-15(20(24,25)26)17(32(2)30-16)18(33)28-10-6-7-27-14(8-10)19(21,22)23/h3-9H,1-2H3,(H,27,28,33). The summed E-state index contributed by atoms with van der Waals surface area (Å²) in [6.07, 6.45) is -7.47. The van der Waals surface area contributed by atoms with Gasteiger partial charge in [0.2, 0.25) is 0 Å². The molecule has 0 radical (unpaired) electrons. The van der Waals surface area contributed by atoms with Crippen LogP contribution >= 0.6 is 0 Å². The molecule has 33 heavy (non-hydrogen) atoms. The van der Waals surface area contributed by atoms with Crippen LogP contribution in [-0.2, 0) is 26.4 Å². The zero-order valence-electron chi connectivity index (χ0n) is 17.0. The summed E-state index contributed by atoms with van der Waals surface area (Å²) in [5.74, 6) is -1.28. The third-order valence-corrected chi connectivity index (χ3v) is 4.77. The Balaban J connectivity index is 1.83. The van der Waals surface area contributed by atoms with Crippen LogP contribution in [0.4, 0.5) is 32.0 Å². The molecule has 0 saturated heterocycles. The molecule has 4 rings (SSSR count). The molecule has 0 unspecified atom stereocenters. The first-order valence-corrected chi connectivity index (χ1v) is 9.28. The normalized spacial score (nSPS) is 12.4. The molecule has 0 saturated carbocycles. The lowest BCUT2D eigenvalue weighted by Gasteiger charge is -2.12. The van der Waals surface area contributed by atoms with E-state index < -0.39 is 40.9 Å². The number of aromatic nitrogens is 5. The summed E-state index contributed by atoms with van der Waals surface area (Å²) >= 11 is 0. The fraction of sp³-hybridized carbons (Fsp3) is 0.200. The third kappa shape index (κ3) is 4.13. The van der Waals surface area contributed by atoms with Gasteiger partial charge >= 0.3 is 12.4 Å². The van der Waals surface area contributed by atoms with Crippen molar-refractivity contribution in [3.63, 3.8) is 0 Å². The Morgan fingerprint density at radius 3 is 2.39 bits per heavy atom. The third-order valence-electron chi connectivity index (χ3n) is 4.77. The van der Waals surface area contributed by atoms with Gasteiger partial charge in [-0.05, 0) is 18.2 Å². The van der Waals surface area contributed by atoms with Gasteiger partial charge in [-0.1, -0.05) is 12.1 Å². The first-order valence-electron chi connectivity index (χ1n) is 9.28. The lowest BCUT2D eigenvalue weighted by molar-refractivity contribution is -0.141. The minimum Gasteiger partial charge on any atom is -0.321 e. The first-order chi connectivity index (χ1) is 15.4. The predicted octanol–water partition coefficient (Wildman–Crippen LogP) is 4.66. The van der Waals surface area contributed by atoms with Crippen LogP contribution < -0.4 is 5.32 Å². The summed E-state index contributed by atoms with van der Waals surface area (Å²) in [5, 5.41) is 10.6. The van der Waals surface area contributed by atoms with Gasteiger partial charge in [0, 0.05) is 43.1 Å². The highest BCUT2D eigenvalue weighted by molar-refractivity contribution is 6.06. The smallest absolute Gasteiger partial charge is 0.321 e. The lowest BCUT2D eigenvalue weighted by atomic mass is 10.0. The molecule has 0 aliphatic carbocycles. The molecule has 172 valence electrons. The van der Waals surface area contributed by atoms with Gasteiger partial charge in [-0.15, -0.1) is 0 Å². The molecule has 3 aromatic heterocycles. The summed E-state index contributed by atoms with van der Waals surface area (Å²) in [7, 11) is 2.75. The van der Waals surface area contributed by atoms with E-state index in [1.165, 1.54) is 23.0 Å². The Morgan fingerprint density at radius 2 is 1.73 bits per heavy atom. The number of nitrogens with zero attached hydrogens (tertiary/aromatic N) is 5. The second kappa shape index (κ2) is 7.60. The number of benzene rings is 1. The fourth-order valence-corrected chi connectivity index (χ4v) is 3.46. The Kier molecular flexibility index (Phi) is 5.14. The second-order valence-electron chi connectivity index (χ2n) is 7.12. The summed E-state index contributed by atoms with van der Waals surface area (Å²) < 4.78 is 83.2. The molecule has 0 aliphatic heterocycles. The number of nitrogens with one attached hydrogen (secondary N) is 1. The van der Waals surface area contributed by atoms with Gasteiger partial charge in [-0.25, -0.2) is 0 Å². The van der Waals surface area contributed by atoms with Crippen molar-refractivity contribution in [3.8, 4) is 11.3 Å². The van der Waals surface area contributed by atoms with E-state index in [9.17, 15) is 31.1 Å². The maximum absolute atomic E-state index is 14.1. The quantitative estimate of drug-likeness (QED) is 0.444. The number of hydrogen-bond acceptors (Lipinski definition) is 4. The molecular formula is C20H14F6N6O. The highest BCUT2D eigenvalue weighted by Gasteiger charge is 2.42. The fourth-order valence-electron chi connectivity index (χ4n) is 3.46. The summed E-state index contributed by atoms with van der Waals surface area (Å²) in [6.45, 7) is 0. The maximum atomic E-state index is 14.1. The Bertz CT molecular complexity index is 1370. The van der Waals surface area contributed by atoms with Gasteiger partial charge in [0.25, 0.3) is 5.91 Å². The zero-order valence-corrected chi connectivity index (χ0v) is 17.0. The SMILES string of the molecule is Cn1cc2c(-c3nn(C)c(C(=O)Nc4ccnc(C(F)(F)F)c4)c3C(F)(F)F)cccc2n1. The number of fused-ring (bicyclic) bond motifs is 1. The average Bonchev–Trinajstić information content (AvgIpc) is 3.26. The largest absolute Gasteiger partial charge is 0.433 e. The van der Waals surface area contributed by atoms with E-state index in [0.29, 0.717) is 17.0 Å². The van der Waals surface area contributed by atoms with Gasteiger partial charge in [0.1, 0.15) is 22.6 Å². The van der Waals surface area contributed by atoms with E-state index in [2.05, 4.69) is 20.5 Å². The molecule has 0 atom stereocenters. The van der Waals surface area contributed by atoms with Crippen LogP contribution in [-0.4, -0.2) is 30.5 Å². The highest BCUT2D eigenvalue weighted by atomic mass is 19.4. The van der Waals surface area contributed by atoms with Crippen LogP contribution in [0.1, 0.15) is 21.7 Å². The molecule has 3 heterocycles. The number of anilines is 1. The maximum Gasteiger partial charge on any atom is 0.433 e. The van der Waals surface area contributed by atoms with Crippen molar-refractivity contribution < 1.29 is 31.1 Å². The number of aryl methyl sites for hydroxylation is 2. The Labute approximate surface area is 181 Å². The molecule has 13 heteroatoms. The van der Waals surface area contributed by atoms with Crippen molar-refractivity contribution >= 4 is 22.5 Å². The van der Waals surface area contributed by atoms with Crippen molar-refractivity contribution in [1.29, 1.82) is 0 Å². The number of pyridine rings is 1. The molecule has 1 N–H and O–H groups in total. The van der Waals surface area contributed by atoms with Gasteiger partial charge in [0.05, 0.1) is 5.52 Å². The molecular weight excluding hydrogens is 454 g/mol. The van der Waals surface area contributed by atoms with Crippen molar-refractivity contribution in [2.45, 2.75) is 12.4 Å². The number of amides is 1. The number of rotatable bonds is 3. The number of hydrogen-bond donors (Lipinski definition) is 1. The predicted molar refractivity (Wildman–Crippen MR) is 105 cm³/mol. The molecule has 1 amide bonds. The van der Waals surface area contributed by atoms with E-state index in [4.69, 9.17) is 0 Å². The number of carbonyl (C=O) groups excluding carboxylic acids is 1. The van der Waals surface area contributed by atoms with Crippen molar-refractivity contribution in [1.82, 2.24) is 24.5 Å². The van der Waals surface area contributed by atoms with E-state index >= 15 is 0 Å². The summed E-state index contributed by atoms with van der Waals surface area (Å²) in [5.41, 5.74) is -3.81. The van der Waals surface area contributed by atoms with Crippen LogP contribution in [0, 0.1) is 0 Å². The summed E-state index contributed by atoms with van der Waals surface area (Å²) in [4.78, 5) is 15.9. The van der Waals surface area contributed by atoms with Gasteiger partial charge in [0.15, 0.2) is 0 Å². The number of alkyl halides is 6. The van der Waals surface area contributed by atoms with Crippen LogP contribution in [0.25, 0.3) is 22.2 Å². The monoisotopic (exact) mass is 468 g/mol. The van der Waals surface area contributed by atoms with Crippen LogP contribution in [0.3, 0.4) is 0 Å². The second-order valence-corrected chi connectivity index (χ2v) is 7.12. The molecule has 0 fully saturated rings. The van der Waals surface area contributed by atoms with Gasteiger partial charge < -0.3 is 5.32 Å². The zero-order chi connectivity index (χ0) is 24.1. The minimum absolute atomic E-state index is 0.103. The molecule has 7 nitrogen and oxygen atoms in total. The summed E-state index contributed by atoms with van der Waals surface area (Å²) in [6, 6.07) is 6.10. The molecule has 0 spiro atoms. The van der Waals surface area contributed by atoms with Crippen LogP contribution in [0.15, 0.2) is 42.7 Å². The van der Waals surface area contributed by atoms with E-state index in [-0.39, 0.29) is 11.3 Å². The van der Waals surface area contributed by atoms with Gasteiger partial charge in [-0.3, -0.25) is 19.1 Å². The highest BCUT2D eigenvalue weighted by Crippen LogP contribution is 2.41. The number of carbonyl (C=O) groups is 1. The van der Waals surface area contributed by atoms with E-state index in [1.54, 1.807) is 13.1 Å². The van der Waals surface area contributed by atoms with Crippen molar-refractivity contribution in [3.05, 3.63) is 59.7 Å². The molecule has 4 aromatic rings. The first kappa shape index (κ1) is 22.3. The van der Waals surface area contributed by atoms with Crippen molar-refractivity contribution in [2.24, 2.45) is 14.1 Å². The van der Waals surface area contributed by atoms with Crippen LogP contribution in [0.2, 0.25) is 0 Å². The average molecular weight is 468 g/mol. The molecule has 0 aliphatic rings. The topological polar surface area (TPSA) is 77.6 Å². The van der Waals surface area contributed by atoms with Crippen LogP contribution in [0.5, 0.6) is 0 Å². The number of halogens is 6. The lowest BCUT2D eigenvalue weighted by Crippen LogP contribution is -2.21. The molecule has 0 bridgehead atoms.